The van der Waals surface area contributed by atoms with E-state index in [1.54, 1.807) is 6.08 Å². The molecule has 0 N–H and O–H groups in total. The predicted octanol–water partition coefficient (Wildman–Crippen LogP) is 6.41. The van der Waals surface area contributed by atoms with E-state index < -0.39 is 28.9 Å². The van der Waals surface area contributed by atoms with E-state index in [9.17, 15) is 22.8 Å². The Kier molecular flexibility index (Phi) is 7.34. The lowest BCUT2D eigenvalue weighted by molar-refractivity contribution is -0.224. The lowest BCUT2D eigenvalue weighted by Crippen LogP contribution is -2.79. The van der Waals surface area contributed by atoms with Gasteiger partial charge in [0, 0.05) is 31.7 Å². The van der Waals surface area contributed by atoms with Crippen molar-refractivity contribution >= 4 is 18.0 Å². The molecule has 0 unspecified atom stereocenters. The van der Waals surface area contributed by atoms with Gasteiger partial charge in [0.1, 0.15) is 17.5 Å². The Balaban J connectivity index is 1.26. The molecule has 240 valence electrons. The fraction of sp³-hybridized carbons (Fsp3) is 0.556. The summed E-state index contributed by atoms with van der Waals surface area (Å²) in [5.41, 5.74) is 0.854. The van der Waals surface area contributed by atoms with Crippen LogP contribution in [0.2, 0.25) is 0 Å². The Morgan fingerprint density at radius 3 is 2.53 bits per heavy atom. The number of nitrogens with zero attached hydrogens (tertiary/aromatic N) is 2. The second-order valence-corrected chi connectivity index (χ2v) is 14.1. The van der Waals surface area contributed by atoms with Crippen LogP contribution < -0.4 is 4.74 Å². The van der Waals surface area contributed by atoms with Crippen LogP contribution in [-0.2, 0) is 32.3 Å². The van der Waals surface area contributed by atoms with Crippen LogP contribution in [0.15, 0.2) is 48.5 Å². The summed E-state index contributed by atoms with van der Waals surface area (Å²) in [6.45, 7) is 8.04. The molecule has 5 atom stereocenters. The van der Waals surface area contributed by atoms with Crippen molar-refractivity contribution in [2.24, 2.45) is 11.8 Å². The van der Waals surface area contributed by atoms with Gasteiger partial charge in [0.25, 0.3) is 0 Å². The summed E-state index contributed by atoms with van der Waals surface area (Å²) in [5, 5.41) is 0. The summed E-state index contributed by atoms with van der Waals surface area (Å²) in [6, 6.07) is 10.8. The monoisotopic (exact) mass is 622 g/mol. The molecule has 2 aromatic rings. The Morgan fingerprint density at radius 2 is 1.87 bits per heavy atom. The molecule has 2 bridgehead atoms. The smallest absolute Gasteiger partial charge is 0.416 e. The van der Waals surface area contributed by atoms with Crippen LogP contribution in [-0.4, -0.2) is 65.1 Å². The Bertz CT molecular complexity index is 1520. The summed E-state index contributed by atoms with van der Waals surface area (Å²) in [7, 11) is 0. The molecule has 3 aliphatic carbocycles. The number of alkyl halides is 3. The first-order valence-corrected chi connectivity index (χ1v) is 16.3. The molecule has 2 aromatic carbocycles. The van der Waals surface area contributed by atoms with E-state index in [4.69, 9.17) is 9.47 Å². The topological polar surface area (TPSA) is 59.1 Å². The Hall–Kier alpha value is -3.33. The molecular weight excluding hydrogens is 581 g/mol. The Labute approximate surface area is 262 Å². The van der Waals surface area contributed by atoms with Gasteiger partial charge >= 0.3 is 12.1 Å². The molecule has 1 saturated heterocycles. The lowest BCUT2D eigenvalue weighted by atomic mass is 9.48. The fourth-order valence-electron chi connectivity index (χ4n) is 9.01. The van der Waals surface area contributed by atoms with Gasteiger partial charge in [-0.25, -0.2) is 0 Å². The average Bonchev–Trinajstić information content (AvgIpc) is 3.73. The van der Waals surface area contributed by atoms with Crippen LogP contribution in [0.4, 0.5) is 13.2 Å². The van der Waals surface area contributed by atoms with E-state index in [-0.39, 0.29) is 29.9 Å². The summed E-state index contributed by atoms with van der Waals surface area (Å²) >= 11 is 0. The van der Waals surface area contributed by atoms with Crippen molar-refractivity contribution in [1.82, 2.24) is 9.80 Å². The van der Waals surface area contributed by atoms with Crippen molar-refractivity contribution in [3.63, 3.8) is 0 Å². The number of halogens is 3. The number of rotatable bonds is 8. The highest BCUT2D eigenvalue weighted by Gasteiger charge is 2.75. The number of hydrogen-bond acceptors (Lipinski definition) is 5. The molecular formula is C36H41F3N2O4. The molecule has 45 heavy (non-hydrogen) atoms. The second-order valence-electron chi connectivity index (χ2n) is 14.1. The molecule has 3 fully saturated rings. The minimum Gasteiger partial charge on any atom is -0.487 e. The molecule has 2 aliphatic heterocycles. The third-order valence-corrected chi connectivity index (χ3v) is 10.8. The number of carbonyl (C=O) groups is 2. The highest BCUT2D eigenvalue weighted by molar-refractivity contribution is 5.92. The molecule has 5 aliphatic rings. The van der Waals surface area contributed by atoms with E-state index in [1.807, 2.05) is 17.0 Å². The molecule has 0 aromatic heterocycles. The number of hydrogen-bond donors (Lipinski definition) is 0. The van der Waals surface area contributed by atoms with E-state index in [0.717, 1.165) is 49.4 Å². The van der Waals surface area contributed by atoms with Gasteiger partial charge in [-0.2, -0.15) is 13.2 Å². The fourth-order valence-corrected chi connectivity index (χ4v) is 9.01. The number of amides is 1. The van der Waals surface area contributed by atoms with Gasteiger partial charge in [0.2, 0.25) is 5.91 Å². The van der Waals surface area contributed by atoms with Crippen molar-refractivity contribution in [2.45, 2.75) is 94.7 Å². The van der Waals surface area contributed by atoms with Crippen molar-refractivity contribution in [1.29, 1.82) is 0 Å². The van der Waals surface area contributed by atoms with Gasteiger partial charge in [-0.3, -0.25) is 14.5 Å². The van der Waals surface area contributed by atoms with Gasteiger partial charge in [-0.15, -0.1) is 0 Å². The maximum Gasteiger partial charge on any atom is 0.416 e. The van der Waals surface area contributed by atoms with E-state index >= 15 is 0 Å². The molecule has 7 rings (SSSR count). The number of carbonyl (C=O) groups excluding carboxylic acids is 2. The maximum atomic E-state index is 14.0. The van der Waals surface area contributed by atoms with Crippen LogP contribution >= 0.6 is 0 Å². The molecule has 2 saturated carbocycles. The molecule has 9 heteroatoms. The van der Waals surface area contributed by atoms with Crippen LogP contribution in [0.25, 0.3) is 6.08 Å². The summed E-state index contributed by atoms with van der Waals surface area (Å²) in [6.07, 6.45) is 3.54. The first-order valence-electron chi connectivity index (χ1n) is 16.3. The highest BCUT2D eigenvalue weighted by Crippen LogP contribution is 2.66. The van der Waals surface area contributed by atoms with Crippen LogP contribution in [0.5, 0.6) is 5.75 Å². The molecule has 2 heterocycles. The van der Waals surface area contributed by atoms with Crippen LogP contribution in [0.1, 0.15) is 75.1 Å². The zero-order valence-electron chi connectivity index (χ0n) is 26.1. The van der Waals surface area contributed by atoms with Crippen molar-refractivity contribution in [3.8, 4) is 5.75 Å². The number of piperidine rings is 1. The van der Waals surface area contributed by atoms with Gasteiger partial charge in [0.05, 0.1) is 23.1 Å². The maximum absolute atomic E-state index is 14.0. The molecule has 0 radical (unpaired) electrons. The molecule has 1 spiro atoms. The van der Waals surface area contributed by atoms with E-state index in [2.05, 4.69) is 24.8 Å². The number of esters is 1. The summed E-state index contributed by atoms with van der Waals surface area (Å²) in [5.74, 6) is 1.21. The standard InChI is InChI=1S/C36H41F3N2O4/c1-22(2)20-41(31(43)14-11-24-9-12-27(13-10-24)36(37,38)39)28-15-16-35(45-23(3)42)30-19-26-5-4-6-29-32(26)34(35,33(28)44-29)17-18-40(30)21-25-7-8-25/h4-6,9-14,22,25,28,30,33H,7-8,15-21H2,1-3H3/t28-,30+,33-,34-,35+/m0/s1. The van der Waals surface area contributed by atoms with Gasteiger partial charge in [-0.05, 0) is 92.3 Å². The van der Waals surface area contributed by atoms with Crippen molar-refractivity contribution < 1.29 is 32.2 Å². The number of likely N-dealkylation sites (tertiary alicyclic amines) is 1. The van der Waals surface area contributed by atoms with E-state index in [1.165, 1.54) is 43.5 Å². The second kappa shape index (κ2) is 10.9. The summed E-state index contributed by atoms with van der Waals surface area (Å²) < 4.78 is 52.7. The largest absolute Gasteiger partial charge is 0.487 e. The minimum atomic E-state index is -4.42. The van der Waals surface area contributed by atoms with Crippen LogP contribution in [0.3, 0.4) is 0 Å². The average molecular weight is 623 g/mol. The normalized spacial score (nSPS) is 30.2. The number of ether oxygens (including phenoxy) is 2. The first-order chi connectivity index (χ1) is 21.4. The predicted molar refractivity (Wildman–Crippen MR) is 163 cm³/mol. The Morgan fingerprint density at radius 1 is 1.11 bits per heavy atom. The SMILES string of the molecule is CC(=O)O[C@@]12CC[C@H](N(CC(C)C)C(=O)C=Cc3ccc(C(F)(F)F)cc3)[C@@H]3Oc4cccc5c4[C@@]31CCN(CC1CC1)[C@@H]2C5. The highest BCUT2D eigenvalue weighted by atomic mass is 19.4. The third kappa shape index (κ3) is 4.97. The van der Waals surface area contributed by atoms with Gasteiger partial charge in [0.15, 0.2) is 0 Å². The third-order valence-electron chi connectivity index (χ3n) is 10.8. The summed E-state index contributed by atoms with van der Waals surface area (Å²) in [4.78, 5) is 31.4. The van der Waals surface area contributed by atoms with Crippen molar-refractivity contribution in [3.05, 3.63) is 70.8 Å². The molecule has 6 nitrogen and oxygen atoms in total. The number of benzene rings is 2. The lowest BCUT2D eigenvalue weighted by Gasteiger charge is -2.65. The zero-order chi connectivity index (χ0) is 31.7. The van der Waals surface area contributed by atoms with Crippen LogP contribution in [0, 0.1) is 11.8 Å². The van der Waals surface area contributed by atoms with E-state index in [0.29, 0.717) is 30.9 Å². The quantitative estimate of drug-likeness (QED) is 0.252. The first kappa shape index (κ1) is 30.3. The molecule has 1 amide bonds. The van der Waals surface area contributed by atoms with Gasteiger partial charge in [-0.1, -0.05) is 38.1 Å². The van der Waals surface area contributed by atoms with Crippen molar-refractivity contribution in [2.75, 3.05) is 19.6 Å². The zero-order valence-corrected chi connectivity index (χ0v) is 26.1. The minimum absolute atomic E-state index is 0.0393. The van der Waals surface area contributed by atoms with Gasteiger partial charge < -0.3 is 14.4 Å².